The third-order valence-electron chi connectivity index (χ3n) is 4.19. The molecule has 4 heteroatoms. The quantitative estimate of drug-likeness (QED) is 0.541. The van der Waals surface area contributed by atoms with E-state index in [1.807, 2.05) is 6.08 Å². The van der Waals surface area contributed by atoms with Crippen molar-refractivity contribution in [3.63, 3.8) is 0 Å². The highest BCUT2D eigenvalue weighted by molar-refractivity contribution is 6.70. The molecule has 0 aromatic carbocycles. The van der Waals surface area contributed by atoms with Crippen LogP contribution in [0, 0.1) is 5.92 Å². The topological polar surface area (TPSA) is 27.7 Å². The number of methoxy groups -OCH3 is 1. The van der Waals surface area contributed by atoms with E-state index in [-0.39, 0.29) is 5.22 Å². The van der Waals surface area contributed by atoms with Crippen molar-refractivity contribution in [2.45, 2.75) is 43.9 Å². The number of ether oxygens (including phenoxy) is 1. The van der Waals surface area contributed by atoms with E-state index in [9.17, 15) is 0 Å². The standard InChI is InChI=1S/C13H26O3Si/c1-6-10-13(14-3)12(7-2)9-8-11-17(13,15-4)16-5/h7,12H,2,6,8-11H2,1,3-5H3. The minimum Gasteiger partial charge on any atom is -0.396 e. The van der Waals surface area contributed by atoms with E-state index >= 15 is 0 Å². The van der Waals surface area contributed by atoms with Gasteiger partial charge in [0.15, 0.2) is 0 Å². The zero-order valence-corrected chi connectivity index (χ0v) is 12.6. The van der Waals surface area contributed by atoms with E-state index in [4.69, 9.17) is 13.6 Å². The molecular weight excluding hydrogens is 232 g/mol. The van der Waals surface area contributed by atoms with Crippen molar-refractivity contribution >= 4 is 8.56 Å². The molecule has 1 fully saturated rings. The van der Waals surface area contributed by atoms with Crippen LogP contribution in [-0.2, 0) is 13.6 Å². The molecule has 17 heavy (non-hydrogen) atoms. The molecule has 1 rings (SSSR count). The third kappa shape index (κ3) is 2.23. The van der Waals surface area contributed by atoms with Crippen molar-refractivity contribution < 1.29 is 13.6 Å². The van der Waals surface area contributed by atoms with Gasteiger partial charge in [-0.2, -0.15) is 0 Å². The Kier molecular flexibility index (Phi) is 5.38. The normalized spacial score (nSPS) is 32.4. The first-order valence-electron chi connectivity index (χ1n) is 6.44. The largest absolute Gasteiger partial charge is 0.396 e. The molecule has 0 spiro atoms. The Bertz CT molecular complexity index is 253. The molecule has 0 saturated carbocycles. The van der Waals surface area contributed by atoms with Crippen LogP contribution < -0.4 is 0 Å². The summed E-state index contributed by atoms with van der Waals surface area (Å²) in [4.78, 5) is 0. The molecule has 1 heterocycles. The fourth-order valence-corrected chi connectivity index (χ4v) is 7.51. The molecule has 100 valence electrons. The highest BCUT2D eigenvalue weighted by atomic mass is 28.4. The Morgan fingerprint density at radius 2 is 2.00 bits per heavy atom. The van der Waals surface area contributed by atoms with Crippen molar-refractivity contribution in [2.75, 3.05) is 21.3 Å². The van der Waals surface area contributed by atoms with Gasteiger partial charge in [-0.3, -0.25) is 0 Å². The fraction of sp³-hybridized carbons (Fsp3) is 0.846. The van der Waals surface area contributed by atoms with Gasteiger partial charge in [-0.15, -0.1) is 6.58 Å². The second-order valence-electron chi connectivity index (χ2n) is 4.74. The predicted octanol–water partition coefficient (Wildman–Crippen LogP) is 3.04. The monoisotopic (exact) mass is 258 g/mol. The van der Waals surface area contributed by atoms with Crippen molar-refractivity contribution in [2.24, 2.45) is 5.92 Å². The molecule has 0 N–H and O–H groups in total. The summed E-state index contributed by atoms with van der Waals surface area (Å²) in [6, 6.07) is 1.01. The van der Waals surface area contributed by atoms with Gasteiger partial charge in [0.1, 0.15) is 5.22 Å². The van der Waals surface area contributed by atoms with Crippen LogP contribution >= 0.6 is 0 Å². The SMILES string of the molecule is C=CC1CCC[Si](OC)(OC)C1(CCC)OC. The molecule has 2 unspecified atom stereocenters. The van der Waals surface area contributed by atoms with E-state index in [0.29, 0.717) is 5.92 Å². The Hall–Kier alpha value is -0.163. The summed E-state index contributed by atoms with van der Waals surface area (Å²) in [7, 11) is 3.02. The number of hydrogen-bond donors (Lipinski definition) is 0. The molecule has 0 aromatic heterocycles. The van der Waals surface area contributed by atoms with Crippen LogP contribution in [0.15, 0.2) is 12.7 Å². The smallest absolute Gasteiger partial charge is 0.371 e. The lowest BCUT2D eigenvalue weighted by Crippen LogP contribution is -2.68. The van der Waals surface area contributed by atoms with Gasteiger partial charge in [0, 0.05) is 27.2 Å². The fourth-order valence-electron chi connectivity index (χ4n) is 3.38. The van der Waals surface area contributed by atoms with E-state index in [0.717, 1.165) is 31.7 Å². The maximum absolute atomic E-state index is 5.96. The molecule has 0 amide bonds. The Labute approximate surface area is 106 Å². The van der Waals surface area contributed by atoms with Crippen LogP contribution in [0.1, 0.15) is 32.6 Å². The van der Waals surface area contributed by atoms with Crippen LogP contribution in [0.25, 0.3) is 0 Å². The summed E-state index contributed by atoms with van der Waals surface area (Å²) in [5, 5.41) is -0.273. The van der Waals surface area contributed by atoms with E-state index < -0.39 is 8.56 Å². The van der Waals surface area contributed by atoms with Crippen molar-refractivity contribution in [1.82, 2.24) is 0 Å². The summed E-state index contributed by atoms with van der Waals surface area (Å²) in [6.45, 7) is 6.16. The van der Waals surface area contributed by atoms with Crippen LogP contribution in [0.3, 0.4) is 0 Å². The van der Waals surface area contributed by atoms with Crippen molar-refractivity contribution in [3.8, 4) is 0 Å². The molecule has 2 atom stereocenters. The van der Waals surface area contributed by atoms with Gasteiger partial charge in [-0.1, -0.05) is 25.8 Å². The summed E-state index contributed by atoms with van der Waals surface area (Å²) < 4.78 is 17.7. The minimum absolute atomic E-state index is 0.273. The molecule has 0 radical (unpaired) electrons. The summed E-state index contributed by atoms with van der Waals surface area (Å²) in [6.07, 6.45) is 6.34. The summed E-state index contributed by atoms with van der Waals surface area (Å²) >= 11 is 0. The van der Waals surface area contributed by atoms with Crippen molar-refractivity contribution in [1.29, 1.82) is 0 Å². The zero-order valence-electron chi connectivity index (χ0n) is 11.6. The lowest BCUT2D eigenvalue weighted by atomic mass is 9.92. The van der Waals surface area contributed by atoms with Gasteiger partial charge in [-0.05, 0) is 18.9 Å². The number of hydrogen-bond acceptors (Lipinski definition) is 3. The Balaban J connectivity index is 3.19. The summed E-state index contributed by atoms with van der Waals surface area (Å²) in [5.41, 5.74) is 0. The molecule has 0 aliphatic carbocycles. The van der Waals surface area contributed by atoms with Gasteiger partial charge >= 0.3 is 8.56 Å². The van der Waals surface area contributed by atoms with Crippen LogP contribution in [0.2, 0.25) is 6.04 Å². The van der Waals surface area contributed by atoms with Gasteiger partial charge in [0.25, 0.3) is 0 Å². The van der Waals surface area contributed by atoms with E-state index in [2.05, 4.69) is 13.5 Å². The van der Waals surface area contributed by atoms with Gasteiger partial charge in [0.05, 0.1) is 0 Å². The van der Waals surface area contributed by atoms with Gasteiger partial charge in [0.2, 0.25) is 0 Å². The molecule has 1 saturated heterocycles. The maximum atomic E-state index is 5.96. The molecule has 0 aromatic rings. The second-order valence-corrected chi connectivity index (χ2v) is 8.41. The lowest BCUT2D eigenvalue weighted by molar-refractivity contribution is -0.0395. The Morgan fingerprint density at radius 3 is 2.41 bits per heavy atom. The molecule has 1 aliphatic heterocycles. The van der Waals surface area contributed by atoms with Crippen LogP contribution in [-0.4, -0.2) is 35.1 Å². The highest BCUT2D eigenvalue weighted by Crippen LogP contribution is 2.46. The highest BCUT2D eigenvalue weighted by Gasteiger charge is 2.62. The summed E-state index contributed by atoms with van der Waals surface area (Å²) in [5.74, 6) is 0.341. The maximum Gasteiger partial charge on any atom is 0.371 e. The third-order valence-corrected chi connectivity index (χ3v) is 8.64. The molecule has 0 bridgehead atoms. The van der Waals surface area contributed by atoms with Crippen molar-refractivity contribution in [3.05, 3.63) is 12.7 Å². The minimum atomic E-state index is -2.31. The zero-order chi connectivity index (χ0) is 12.9. The predicted molar refractivity (Wildman–Crippen MR) is 72.1 cm³/mol. The average molecular weight is 258 g/mol. The average Bonchev–Trinajstić information content (AvgIpc) is 2.39. The van der Waals surface area contributed by atoms with E-state index in [1.54, 1.807) is 21.3 Å². The lowest BCUT2D eigenvalue weighted by Gasteiger charge is -2.51. The molecule has 1 aliphatic rings. The molecular formula is C13H26O3Si. The second kappa shape index (κ2) is 6.14. The van der Waals surface area contributed by atoms with Gasteiger partial charge in [-0.25, -0.2) is 0 Å². The number of rotatable bonds is 6. The van der Waals surface area contributed by atoms with Gasteiger partial charge < -0.3 is 13.6 Å². The molecule has 3 nitrogen and oxygen atoms in total. The first-order valence-corrected chi connectivity index (χ1v) is 8.46. The Morgan fingerprint density at radius 1 is 1.35 bits per heavy atom. The van der Waals surface area contributed by atoms with Crippen LogP contribution in [0.5, 0.6) is 0 Å². The first kappa shape index (κ1) is 14.9. The first-order chi connectivity index (χ1) is 8.16. The van der Waals surface area contributed by atoms with E-state index in [1.165, 1.54) is 0 Å². The van der Waals surface area contributed by atoms with Crippen LogP contribution in [0.4, 0.5) is 0 Å².